The zero-order valence-electron chi connectivity index (χ0n) is 9.36. The van der Waals surface area contributed by atoms with Crippen LogP contribution in [-0.4, -0.2) is 35.4 Å². The molecule has 1 N–H and O–H groups in total. The zero-order valence-corrected chi connectivity index (χ0v) is 10.2. The zero-order chi connectivity index (χ0) is 10.5. The molecule has 0 spiro atoms. The van der Waals surface area contributed by atoms with Crippen LogP contribution in [0.25, 0.3) is 0 Å². The van der Waals surface area contributed by atoms with Crippen LogP contribution in [-0.2, 0) is 4.74 Å². The summed E-state index contributed by atoms with van der Waals surface area (Å²) >= 11 is 1.98. The van der Waals surface area contributed by atoms with E-state index in [1.54, 1.807) is 0 Å². The number of rotatable bonds is 3. The van der Waals surface area contributed by atoms with Gasteiger partial charge in [-0.2, -0.15) is 11.8 Å². The number of hydrogen-bond acceptors (Lipinski definition) is 3. The van der Waals surface area contributed by atoms with Gasteiger partial charge in [0.15, 0.2) is 0 Å². The van der Waals surface area contributed by atoms with E-state index in [9.17, 15) is 5.11 Å². The van der Waals surface area contributed by atoms with E-state index in [-0.39, 0.29) is 6.10 Å². The van der Waals surface area contributed by atoms with Gasteiger partial charge >= 0.3 is 0 Å². The summed E-state index contributed by atoms with van der Waals surface area (Å²) in [6.45, 7) is 1.80. The molecule has 2 aliphatic rings. The lowest BCUT2D eigenvalue weighted by Crippen LogP contribution is -2.30. The van der Waals surface area contributed by atoms with E-state index in [1.165, 1.54) is 25.0 Å². The Bertz CT molecular complexity index is 174. The fraction of sp³-hybridized carbons (Fsp3) is 1.00. The average Bonchev–Trinajstić information content (AvgIpc) is 2.31. The van der Waals surface area contributed by atoms with Crippen LogP contribution in [0.4, 0.5) is 0 Å². The van der Waals surface area contributed by atoms with Crippen LogP contribution in [0, 0.1) is 5.92 Å². The maximum atomic E-state index is 10.2. The van der Waals surface area contributed by atoms with Crippen molar-refractivity contribution in [3.8, 4) is 0 Å². The Labute approximate surface area is 96.8 Å². The fourth-order valence-corrected chi connectivity index (χ4v) is 3.88. The summed E-state index contributed by atoms with van der Waals surface area (Å²) in [6, 6.07) is 0. The minimum atomic E-state index is -0.0709. The van der Waals surface area contributed by atoms with Crippen LogP contribution in [0.3, 0.4) is 0 Å². The van der Waals surface area contributed by atoms with E-state index < -0.39 is 0 Å². The Balaban J connectivity index is 1.72. The fourth-order valence-electron chi connectivity index (χ4n) is 2.54. The summed E-state index contributed by atoms with van der Waals surface area (Å²) < 4.78 is 5.34. The summed E-state index contributed by atoms with van der Waals surface area (Å²) in [7, 11) is 0. The van der Waals surface area contributed by atoms with E-state index in [2.05, 4.69) is 0 Å². The smallest absolute Gasteiger partial charge is 0.0661 e. The highest BCUT2D eigenvalue weighted by Crippen LogP contribution is 2.31. The summed E-state index contributed by atoms with van der Waals surface area (Å²) in [5.74, 6) is 1.95. The summed E-state index contributed by atoms with van der Waals surface area (Å²) in [5.41, 5.74) is 0. The molecule has 2 nitrogen and oxygen atoms in total. The van der Waals surface area contributed by atoms with Gasteiger partial charge in [-0.15, -0.1) is 0 Å². The van der Waals surface area contributed by atoms with E-state index in [4.69, 9.17) is 4.74 Å². The number of aliphatic hydroxyl groups excluding tert-OH is 1. The van der Waals surface area contributed by atoms with Gasteiger partial charge in [-0.3, -0.25) is 0 Å². The number of aliphatic hydroxyl groups is 1. The molecule has 2 saturated heterocycles. The Morgan fingerprint density at radius 3 is 2.67 bits per heavy atom. The van der Waals surface area contributed by atoms with Gasteiger partial charge in [0, 0.05) is 18.5 Å². The first-order chi connectivity index (χ1) is 7.36. The molecule has 2 rings (SSSR count). The van der Waals surface area contributed by atoms with Crippen molar-refractivity contribution in [1.29, 1.82) is 0 Å². The Morgan fingerprint density at radius 1 is 1.20 bits per heavy atom. The van der Waals surface area contributed by atoms with Crippen molar-refractivity contribution in [2.75, 3.05) is 19.0 Å². The average molecular weight is 230 g/mol. The van der Waals surface area contributed by atoms with Crippen LogP contribution in [0.1, 0.15) is 38.5 Å². The van der Waals surface area contributed by atoms with Gasteiger partial charge in [0.05, 0.1) is 6.10 Å². The molecule has 0 aromatic heterocycles. The molecule has 0 bridgehead atoms. The van der Waals surface area contributed by atoms with Gasteiger partial charge in [-0.1, -0.05) is 6.42 Å². The van der Waals surface area contributed by atoms with Crippen LogP contribution in [0.5, 0.6) is 0 Å². The van der Waals surface area contributed by atoms with Crippen LogP contribution in [0.15, 0.2) is 0 Å². The van der Waals surface area contributed by atoms with E-state index in [1.807, 2.05) is 11.8 Å². The molecule has 0 aromatic rings. The van der Waals surface area contributed by atoms with Crippen molar-refractivity contribution in [2.24, 2.45) is 5.92 Å². The van der Waals surface area contributed by atoms with Crippen molar-refractivity contribution in [3.63, 3.8) is 0 Å². The molecule has 0 amide bonds. The van der Waals surface area contributed by atoms with E-state index in [0.29, 0.717) is 11.2 Å². The van der Waals surface area contributed by atoms with Crippen molar-refractivity contribution in [1.82, 2.24) is 0 Å². The maximum Gasteiger partial charge on any atom is 0.0661 e. The topological polar surface area (TPSA) is 29.5 Å². The normalized spacial score (nSPS) is 31.4. The summed E-state index contributed by atoms with van der Waals surface area (Å²) in [6.07, 6.45) is 7.09. The third-order valence-electron chi connectivity index (χ3n) is 3.56. The molecule has 0 radical (unpaired) electrons. The lowest BCUT2D eigenvalue weighted by Gasteiger charge is -2.30. The second kappa shape index (κ2) is 6.12. The molecule has 2 unspecified atom stereocenters. The molecule has 15 heavy (non-hydrogen) atoms. The molecule has 88 valence electrons. The molecule has 0 saturated carbocycles. The van der Waals surface area contributed by atoms with Gasteiger partial charge in [-0.25, -0.2) is 0 Å². The first-order valence-corrected chi connectivity index (χ1v) is 7.28. The Hall–Kier alpha value is 0.270. The highest BCUT2D eigenvalue weighted by atomic mass is 32.2. The Morgan fingerprint density at radius 2 is 2.00 bits per heavy atom. The molecule has 2 heterocycles. The first-order valence-electron chi connectivity index (χ1n) is 6.23. The molecule has 2 atom stereocenters. The van der Waals surface area contributed by atoms with Crippen molar-refractivity contribution < 1.29 is 9.84 Å². The van der Waals surface area contributed by atoms with Gasteiger partial charge in [0.25, 0.3) is 0 Å². The minimum Gasteiger partial charge on any atom is -0.392 e. The second-order valence-corrected chi connectivity index (χ2v) is 6.11. The maximum absolute atomic E-state index is 10.2. The van der Waals surface area contributed by atoms with Crippen LogP contribution >= 0.6 is 11.8 Å². The molecule has 0 aliphatic carbocycles. The third-order valence-corrected chi connectivity index (χ3v) is 5.06. The summed E-state index contributed by atoms with van der Waals surface area (Å²) in [4.78, 5) is 0. The lowest BCUT2D eigenvalue weighted by molar-refractivity contribution is 0.0427. The quantitative estimate of drug-likeness (QED) is 0.807. The monoisotopic (exact) mass is 230 g/mol. The number of ether oxygens (including phenoxy) is 1. The molecular weight excluding hydrogens is 208 g/mol. The molecule has 2 aliphatic heterocycles. The SMILES string of the molecule is OC(CC1CCOCC1)C1CCCCS1. The lowest BCUT2D eigenvalue weighted by atomic mass is 9.91. The van der Waals surface area contributed by atoms with Gasteiger partial charge in [0.1, 0.15) is 0 Å². The first kappa shape index (κ1) is 11.7. The van der Waals surface area contributed by atoms with Crippen molar-refractivity contribution in [3.05, 3.63) is 0 Å². The van der Waals surface area contributed by atoms with Crippen LogP contribution < -0.4 is 0 Å². The predicted octanol–water partition coefficient (Wildman–Crippen LogP) is 2.45. The van der Waals surface area contributed by atoms with Crippen molar-refractivity contribution >= 4 is 11.8 Å². The highest BCUT2D eigenvalue weighted by molar-refractivity contribution is 8.00. The largest absolute Gasteiger partial charge is 0.392 e. The van der Waals surface area contributed by atoms with E-state index in [0.717, 1.165) is 32.5 Å². The standard InChI is InChI=1S/C12H22O2S/c13-11(12-3-1-2-8-15-12)9-10-4-6-14-7-5-10/h10-13H,1-9H2. The van der Waals surface area contributed by atoms with Crippen molar-refractivity contribution in [2.45, 2.75) is 49.9 Å². The third kappa shape index (κ3) is 3.65. The Kier molecular flexibility index (Phi) is 4.79. The van der Waals surface area contributed by atoms with Crippen LogP contribution in [0.2, 0.25) is 0 Å². The van der Waals surface area contributed by atoms with Gasteiger partial charge < -0.3 is 9.84 Å². The van der Waals surface area contributed by atoms with E-state index >= 15 is 0 Å². The minimum absolute atomic E-state index is 0.0709. The molecule has 0 aromatic carbocycles. The molecular formula is C12H22O2S. The van der Waals surface area contributed by atoms with Gasteiger partial charge in [0.2, 0.25) is 0 Å². The molecule has 2 fully saturated rings. The van der Waals surface area contributed by atoms with Gasteiger partial charge in [-0.05, 0) is 43.8 Å². The second-order valence-electron chi connectivity index (χ2n) is 4.76. The molecule has 3 heteroatoms. The number of hydrogen-bond donors (Lipinski definition) is 1. The summed E-state index contributed by atoms with van der Waals surface area (Å²) in [5, 5.41) is 10.7. The number of thioether (sulfide) groups is 1. The highest BCUT2D eigenvalue weighted by Gasteiger charge is 2.25. The predicted molar refractivity (Wildman–Crippen MR) is 64.3 cm³/mol.